The van der Waals surface area contributed by atoms with Gasteiger partial charge >= 0.3 is 23.9 Å². The lowest BCUT2D eigenvalue weighted by atomic mass is 9.82. The van der Waals surface area contributed by atoms with Gasteiger partial charge in [-0.2, -0.15) is 0 Å². The van der Waals surface area contributed by atoms with Crippen LogP contribution in [0.2, 0.25) is 0 Å². The van der Waals surface area contributed by atoms with Gasteiger partial charge in [-0.05, 0) is 115 Å². The number of aromatic nitrogens is 3. The molecule has 1 fully saturated rings. The zero-order chi connectivity index (χ0) is 64.6. The number of carboxylic acids is 1. The third-order valence-corrected chi connectivity index (χ3v) is 16.0. The number of hydrogen-bond acceptors (Lipinski definition) is 21. The number of nitrogens with zero attached hydrogens (tertiary/aromatic N) is 7. The summed E-state index contributed by atoms with van der Waals surface area (Å²) in [7, 11) is 0. The molecule has 0 spiro atoms. The van der Waals surface area contributed by atoms with Gasteiger partial charge in [0, 0.05) is 64.8 Å². The summed E-state index contributed by atoms with van der Waals surface area (Å²) in [4.78, 5) is 76.1. The number of rotatable bonds is 17. The standard InChI is InChI=1S/C23H25F3N4O2S.C18H18FN3O2S.C18H20FN3O2S.C2H4O3/c1-3-32-21(31)18-17(13-30-11-4-9-23(25,26)14-30)28-19(20-27-10-12-33-20)29-22(18,2)15-5-7-16(24)8-6-15;1-4-24-17(23)14-11(2)21-15(16-20-9-10-25-16)22-18(14,3)12-5-7-13(19)8-6-12;1-6-24-17(23)14-13(4)21-15(16-20-9-10-25-16)22-18(14,5)11(2)7-8-12(3)19;3-1-2(4)5/h5-8,10,12H,3-4,9,11,13-14H2,1-2H3,(H,28,29);5-10H,4H2,1-3H3,(H,21,22);7-10H,2-3,6H2,1,4-5H3,(H,21,22);3H,1H2,(H,4,5)/b;;8-7-;. The first kappa shape index (κ1) is 68.7. The molecule has 5 N–H and O–H groups in total. The molecule has 1 saturated heterocycles. The number of benzene rings is 2. The number of carboxylic acid groups (broad SMARTS) is 1. The Bertz CT molecular complexity index is 3550. The molecule has 0 bridgehead atoms. The first-order valence-electron chi connectivity index (χ1n) is 27.4. The Kier molecular flexibility index (Phi) is 23.8. The van der Waals surface area contributed by atoms with Gasteiger partial charge in [-0.15, -0.1) is 34.0 Å². The average molecular weight is 1280 g/mol. The van der Waals surface area contributed by atoms with Crippen molar-refractivity contribution in [3.63, 3.8) is 0 Å². The maximum Gasteiger partial charge on any atom is 0.338 e. The highest BCUT2D eigenvalue weighted by Gasteiger charge is 2.46. The van der Waals surface area contributed by atoms with E-state index in [1.165, 1.54) is 70.4 Å². The predicted octanol–water partition coefficient (Wildman–Crippen LogP) is 10.2. The monoisotopic (exact) mass is 1270 g/mol. The summed E-state index contributed by atoms with van der Waals surface area (Å²) in [5.41, 5.74) is 0.962. The summed E-state index contributed by atoms with van der Waals surface area (Å²) in [6.07, 6.45) is 7.85. The van der Waals surface area contributed by atoms with Gasteiger partial charge in [-0.25, -0.2) is 71.1 Å². The highest BCUT2D eigenvalue weighted by Crippen LogP contribution is 2.42. The summed E-state index contributed by atoms with van der Waals surface area (Å²) in [5, 5.41) is 31.9. The molecule has 3 atom stereocenters. The number of carbonyl (C=O) groups is 4. The Balaban J connectivity index is 0.000000205. The van der Waals surface area contributed by atoms with E-state index in [2.05, 4.69) is 49.1 Å². The molecule has 0 amide bonds. The molecule has 0 saturated carbocycles. The number of ether oxygens (including phenoxy) is 3. The van der Waals surface area contributed by atoms with Crippen LogP contribution in [0.25, 0.3) is 0 Å². The number of alkyl halides is 2. The van der Waals surface area contributed by atoms with Crippen molar-refractivity contribution in [3.05, 3.63) is 192 Å². The molecule has 7 heterocycles. The molecule has 27 heteroatoms. The van der Waals surface area contributed by atoms with Crippen LogP contribution >= 0.6 is 34.0 Å². The molecule has 4 aliphatic rings. The molecule has 3 aromatic heterocycles. The van der Waals surface area contributed by atoms with Crippen molar-refractivity contribution in [1.29, 1.82) is 0 Å². The van der Waals surface area contributed by atoms with Gasteiger partial charge in [0.1, 0.15) is 40.7 Å². The highest BCUT2D eigenvalue weighted by molar-refractivity contribution is 7.12. The quantitative estimate of drug-likeness (QED) is 0.0251. The lowest BCUT2D eigenvalue weighted by molar-refractivity contribution is -0.140. The molecule has 0 aliphatic carbocycles. The summed E-state index contributed by atoms with van der Waals surface area (Å²) in [6, 6.07) is 11.7. The number of esters is 3. The molecule has 88 heavy (non-hydrogen) atoms. The van der Waals surface area contributed by atoms with Crippen LogP contribution in [0.4, 0.5) is 22.0 Å². The van der Waals surface area contributed by atoms with E-state index in [4.69, 9.17) is 39.2 Å². The number of aliphatic carboxylic acids is 1. The van der Waals surface area contributed by atoms with E-state index in [1.54, 1.807) is 102 Å². The second-order valence-corrected chi connectivity index (χ2v) is 22.7. The molecule has 5 aromatic rings. The van der Waals surface area contributed by atoms with Crippen LogP contribution < -0.4 is 16.0 Å². The Labute approximate surface area is 517 Å². The van der Waals surface area contributed by atoms with E-state index >= 15 is 0 Å². The van der Waals surface area contributed by atoms with Gasteiger partial charge in [-0.3, -0.25) is 4.90 Å². The number of aliphatic hydroxyl groups is 1. The summed E-state index contributed by atoms with van der Waals surface area (Å²) in [5.74, 6) is -5.37. The van der Waals surface area contributed by atoms with Gasteiger partial charge in [-0.1, -0.05) is 43.5 Å². The first-order valence-corrected chi connectivity index (χ1v) is 30.0. The summed E-state index contributed by atoms with van der Waals surface area (Å²) in [6.45, 7) is 21.2. The van der Waals surface area contributed by atoms with Crippen molar-refractivity contribution >= 4 is 75.4 Å². The molecule has 468 valence electrons. The van der Waals surface area contributed by atoms with Crippen LogP contribution in [-0.2, 0) is 44.5 Å². The largest absolute Gasteiger partial charge is 0.480 e. The van der Waals surface area contributed by atoms with Crippen molar-refractivity contribution in [3.8, 4) is 0 Å². The van der Waals surface area contributed by atoms with E-state index in [0.717, 1.165) is 5.01 Å². The van der Waals surface area contributed by atoms with Crippen molar-refractivity contribution in [1.82, 2.24) is 35.8 Å². The first-order chi connectivity index (χ1) is 41.7. The molecule has 3 unspecified atom stereocenters. The Morgan fingerprint density at radius 3 is 1.48 bits per heavy atom. The lowest BCUT2D eigenvalue weighted by Crippen LogP contribution is -2.48. The number of amidine groups is 3. The van der Waals surface area contributed by atoms with Crippen LogP contribution in [0.15, 0.2) is 169 Å². The minimum atomic E-state index is -2.79. The zero-order valence-electron chi connectivity index (χ0n) is 49.5. The Hall–Kier alpha value is -8.37. The molecule has 0 radical (unpaired) electrons. The fraction of sp³-hybridized carbons (Fsp3) is 0.344. The number of hydrogen-bond donors (Lipinski definition) is 5. The maximum atomic E-state index is 14.1. The number of aliphatic hydroxyl groups excluding tert-OH is 1. The number of thiazole rings is 3. The molecule has 9 rings (SSSR count). The number of piperidine rings is 1. The van der Waals surface area contributed by atoms with Crippen molar-refractivity contribution in [2.24, 2.45) is 15.0 Å². The number of allylic oxidation sites excluding steroid dienone is 4. The molecular formula is C61H67F5N10O9S3. The number of likely N-dealkylation sites (tertiary alicyclic amines) is 1. The van der Waals surface area contributed by atoms with Crippen molar-refractivity contribution in [2.45, 2.75) is 90.8 Å². The van der Waals surface area contributed by atoms with Gasteiger partial charge in [0.2, 0.25) is 0 Å². The smallest absolute Gasteiger partial charge is 0.338 e. The number of carbonyl (C=O) groups excluding carboxylic acids is 3. The summed E-state index contributed by atoms with van der Waals surface area (Å²) < 4.78 is 84.0. The fourth-order valence-corrected chi connectivity index (χ4v) is 11.4. The van der Waals surface area contributed by atoms with E-state index in [0.29, 0.717) is 85.4 Å². The molecule has 4 aliphatic heterocycles. The second kappa shape index (κ2) is 30.5. The third-order valence-electron chi connectivity index (χ3n) is 13.6. The van der Waals surface area contributed by atoms with Crippen LogP contribution in [-0.4, -0.2) is 129 Å². The molecular weight excluding hydrogens is 1210 g/mol. The lowest BCUT2D eigenvalue weighted by Gasteiger charge is -2.38. The minimum absolute atomic E-state index is 0.0882. The fourth-order valence-electron chi connectivity index (χ4n) is 9.67. The predicted molar refractivity (Wildman–Crippen MR) is 327 cm³/mol. The van der Waals surface area contributed by atoms with E-state index in [-0.39, 0.29) is 44.2 Å². The second-order valence-electron chi connectivity index (χ2n) is 20.0. The van der Waals surface area contributed by atoms with Gasteiger partial charge in [0.05, 0.1) is 43.1 Å². The van der Waals surface area contributed by atoms with E-state index < -0.39 is 71.2 Å². The van der Waals surface area contributed by atoms with Gasteiger partial charge in [0.25, 0.3) is 5.92 Å². The SMILES string of the molecule is C=C(F)/C=C\C(=C)C1(C)N=C(c2nccs2)NC(C)=C1C(=O)OCC.CCOC(=O)C1=C(C)NC(c2nccs2)=NC1(C)c1ccc(F)cc1.CCOC(=O)C1=C(CN2CCCC(F)(F)C2)NC(c2nccs2)=NC1(C)c1ccc(F)cc1.O=C(O)CO. The van der Waals surface area contributed by atoms with Crippen LogP contribution in [0.3, 0.4) is 0 Å². The summed E-state index contributed by atoms with van der Waals surface area (Å²) >= 11 is 4.22. The highest BCUT2D eigenvalue weighted by atomic mass is 32.1. The zero-order valence-corrected chi connectivity index (χ0v) is 52.0. The number of aliphatic imine (C=N–C) groups is 3. The normalized spacial score (nSPS) is 20.5. The Morgan fingerprint density at radius 1 is 0.659 bits per heavy atom. The molecule has 2 aromatic carbocycles. The van der Waals surface area contributed by atoms with Crippen LogP contribution in [0.5, 0.6) is 0 Å². The number of nitrogens with one attached hydrogen (secondary N) is 3. The van der Waals surface area contributed by atoms with Crippen molar-refractivity contribution < 1.29 is 65.6 Å². The third kappa shape index (κ3) is 17.0. The minimum Gasteiger partial charge on any atom is -0.480 e. The Morgan fingerprint density at radius 2 is 1.07 bits per heavy atom. The maximum absolute atomic E-state index is 14.1. The van der Waals surface area contributed by atoms with E-state index in [1.807, 2.05) is 17.7 Å². The van der Waals surface area contributed by atoms with Crippen LogP contribution in [0, 0.1) is 11.6 Å². The van der Waals surface area contributed by atoms with E-state index in [9.17, 15) is 36.3 Å². The average Bonchev–Trinajstić information content (AvgIpc) is 1.25. The van der Waals surface area contributed by atoms with Crippen molar-refractivity contribution in [2.75, 3.05) is 46.1 Å². The number of halogens is 5. The van der Waals surface area contributed by atoms with Gasteiger partial charge in [0.15, 0.2) is 32.5 Å². The van der Waals surface area contributed by atoms with Crippen LogP contribution in [0.1, 0.15) is 94.4 Å². The topological polar surface area (TPSA) is 252 Å². The molecule has 19 nitrogen and oxygen atoms in total. The van der Waals surface area contributed by atoms with Gasteiger partial charge < -0.3 is 40.4 Å².